The molecule has 0 heterocycles. The number of anilines is 1. The molecule has 0 aliphatic rings. The van der Waals surface area contributed by atoms with Crippen LogP contribution in [0.4, 0.5) is 10.1 Å². The van der Waals surface area contributed by atoms with Crippen LogP contribution in [0.1, 0.15) is 18.1 Å². The largest absolute Gasteiger partial charge is 0.497 e. The number of hydrogen-bond donors (Lipinski definition) is 1. The number of sulfonamides is 1. The van der Waals surface area contributed by atoms with E-state index in [-0.39, 0.29) is 29.1 Å². The van der Waals surface area contributed by atoms with E-state index in [4.69, 9.17) is 16.3 Å². The molecule has 0 aliphatic carbocycles. The molecule has 4 rings (SSSR count). The van der Waals surface area contributed by atoms with Crippen LogP contribution < -0.4 is 14.4 Å². The molecule has 0 radical (unpaired) electrons. The molecule has 8 nitrogen and oxygen atoms in total. The van der Waals surface area contributed by atoms with Crippen molar-refractivity contribution in [3.05, 3.63) is 125 Å². The van der Waals surface area contributed by atoms with E-state index in [1.54, 1.807) is 13.0 Å². The molecule has 0 aliphatic heterocycles. The van der Waals surface area contributed by atoms with Crippen molar-refractivity contribution in [1.82, 2.24) is 10.2 Å². The molecule has 2 amide bonds. The van der Waals surface area contributed by atoms with Crippen molar-refractivity contribution in [3.8, 4) is 5.75 Å². The van der Waals surface area contributed by atoms with Crippen LogP contribution in [0.15, 0.2) is 108 Å². The molecule has 230 valence electrons. The second-order valence-electron chi connectivity index (χ2n) is 9.88. The zero-order valence-electron chi connectivity index (χ0n) is 24.3. The third-order valence-corrected chi connectivity index (χ3v) is 9.00. The zero-order valence-corrected chi connectivity index (χ0v) is 25.9. The highest BCUT2D eigenvalue weighted by molar-refractivity contribution is 7.92. The van der Waals surface area contributed by atoms with Gasteiger partial charge in [-0.1, -0.05) is 60.1 Å². The highest BCUT2D eigenvalue weighted by Gasteiger charge is 2.35. The summed E-state index contributed by atoms with van der Waals surface area (Å²) in [5, 5.41) is 3.15. The molecule has 0 unspecified atom stereocenters. The zero-order chi connectivity index (χ0) is 31.7. The third-order valence-electron chi connectivity index (χ3n) is 6.96. The van der Waals surface area contributed by atoms with Gasteiger partial charge in [0.05, 0.1) is 17.7 Å². The van der Waals surface area contributed by atoms with Crippen LogP contribution in [0.5, 0.6) is 5.75 Å². The van der Waals surface area contributed by atoms with Crippen LogP contribution in [0.3, 0.4) is 0 Å². The topological polar surface area (TPSA) is 96.0 Å². The van der Waals surface area contributed by atoms with Gasteiger partial charge in [0.25, 0.3) is 10.0 Å². The summed E-state index contributed by atoms with van der Waals surface area (Å²) >= 11 is 6.09. The molecule has 4 aromatic carbocycles. The normalized spacial score (nSPS) is 11.8. The summed E-state index contributed by atoms with van der Waals surface area (Å²) in [6.07, 6.45) is 0.124. The smallest absolute Gasteiger partial charge is 0.264 e. The van der Waals surface area contributed by atoms with Crippen molar-refractivity contribution >= 4 is 39.1 Å². The molecule has 0 saturated heterocycles. The SMILES string of the molecule is CCNC(=O)[C@H](Cc1ccccc1)N(Cc1ccccc1F)C(=O)CN(c1ccc(Cl)cc1)S(=O)(=O)c1ccc(OC)cc1. The van der Waals surface area contributed by atoms with Gasteiger partial charge in [-0.05, 0) is 67.1 Å². The predicted molar refractivity (Wildman–Crippen MR) is 169 cm³/mol. The van der Waals surface area contributed by atoms with E-state index in [9.17, 15) is 22.4 Å². The molecule has 11 heteroatoms. The van der Waals surface area contributed by atoms with E-state index >= 15 is 0 Å². The van der Waals surface area contributed by atoms with Gasteiger partial charge >= 0.3 is 0 Å². The number of carbonyl (C=O) groups is 2. The second-order valence-corrected chi connectivity index (χ2v) is 12.2. The Hall–Kier alpha value is -4.41. The van der Waals surface area contributed by atoms with Gasteiger partial charge in [-0.3, -0.25) is 13.9 Å². The number of ether oxygens (including phenoxy) is 1. The molecule has 0 bridgehead atoms. The number of methoxy groups -OCH3 is 1. The number of likely N-dealkylation sites (N-methyl/N-ethyl adjacent to an activating group) is 1. The highest BCUT2D eigenvalue weighted by Crippen LogP contribution is 2.27. The lowest BCUT2D eigenvalue weighted by Gasteiger charge is -2.34. The summed E-state index contributed by atoms with van der Waals surface area (Å²) in [7, 11) is -2.84. The Morgan fingerprint density at radius 2 is 1.55 bits per heavy atom. The van der Waals surface area contributed by atoms with Crippen molar-refractivity contribution in [2.75, 3.05) is 24.5 Å². The minimum absolute atomic E-state index is 0.0775. The Bertz CT molecular complexity index is 1670. The summed E-state index contributed by atoms with van der Waals surface area (Å²) in [4.78, 5) is 28.9. The highest BCUT2D eigenvalue weighted by atomic mass is 35.5. The second kappa shape index (κ2) is 14.9. The Kier molecular flexibility index (Phi) is 11.0. The fourth-order valence-electron chi connectivity index (χ4n) is 4.67. The summed E-state index contributed by atoms with van der Waals surface area (Å²) < 4.78 is 49.1. The molecule has 0 saturated carbocycles. The van der Waals surface area contributed by atoms with E-state index in [2.05, 4.69) is 5.32 Å². The fraction of sp³-hybridized carbons (Fsp3) is 0.212. The first-order chi connectivity index (χ1) is 21.1. The Morgan fingerprint density at radius 1 is 0.909 bits per heavy atom. The van der Waals surface area contributed by atoms with Crippen LogP contribution in [0, 0.1) is 5.82 Å². The first kappa shape index (κ1) is 32.5. The number of hydrogen-bond acceptors (Lipinski definition) is 5. The van der Waals surface area contributed by atoms with E-state index in [0.29, 0.717) is 17.3 Å². The number of carbonyl (C=O) groups excluding carboxylic acids is 2. The van der Waals surface area contributed by atoms with Crippen LogP contribution in [0.2, 0.25) is 5.02 Å². The summed E-state index contributed by atoms with van der Waals surface area (Å²) in [6.45, 7) is 1.12. The van der Waals surface area contributed by atoms with Crippen molar-refractivity contribution in [2.24, 2.45) is 0 Å². The van der Waals surface area contributed by atoms with Crippen molar-refractivity contribution < 1.29 is 27.1 Å². The monoisotopic (exact) mass is 637 g/mol. The average Bonchev–Trinajstić information content (AvgIpc) is 3.03. The van der Waals surface area contributed by atoms with Crippen molar-refractivity contribution in [2.45, 2.75) is 30.8 Å². The summed E-state index contributed by atoms with van der Waals surface area (Å²) in [5.74, 6) is -1.25. The fourth-order valence-corrected chi connectivity index (χ4v) is 6.21. The number of nitrogens with zero attached hydrogens (tertiary/aromatic N) is 2. The Balaban J connectivity index is 1.80. The van der Waals surface area contributed by atoms with Crippen molar-refractivity contribution in [1.29, 1.82) is 0 Å². The number of amides is 2. The molecule has 0 spiro atoms. The minimum atomic E-state index is -4.30. The Morgan fingerprint density at radius 3 is 2.16 bits per heavy atom. The molecule has 44 heavy (non-hydrogen) atoms. The summed E-state index contributed by atoms with van der Waals surface area (Å²) in [5.41, 5.74) is 1.14. The quantitative estimate of drug-likeness (QED) is 0.210. The van der Waals surface area contributed by atoms with E-state index in [1.807, 2.05) is 30.3 Å². The molecule has 1 N–H and O–H groups in total. The number of halogens is 2. The van der Waals surface area contributed by atoms with Crippen LogP contribution in [-0.4, -0.2) is 51.4 Å². The van der Waals surface area contributed by atoms with Gasteiger partial charge in [0.1, 0.15) is 24.2 Å². The van der Waals surface area contributed by atoms with Crippen LogP contribution in [-0.2, 0) is 32.6 Å². The third kappa shape index (κ3) is 7.94. The van der Waals surface area contributed by atoms with Gasteiger partial charge in [0.2, 0.25) is 11.8 Å². The maximum atomic E-state index is 14.9. The van der Waals surface area contributed by atoms with E-state index in [1.165, 1.54) is 78.7 Å². The lowest BCUT2D eigenvalue weighted by Crippen LogP contribution is -2.53. The molecular weight excluding hydrogens is 605 g/mol. The van der Waals surface area contributed by atoms with Crippen LogP contribution >= 0.6 is 11.6 Å². The van der Waals surface area contributed by atoms with Gasteiger partial charge in [-0.15, -0.1) is 0 Å². The van der Waals surface area contributed by atoms with Gasteiger partial charge in [-0.2, -0.15) is 0 Å². The molecular formula is C33H33ClFN3O5S. The van der Waals surface area contributed by atoms with Crippen LogP contribution in [0.25, 0.3) is 0 Å². The maximum Gasteiger partial charge on any atom is 0.264 e. The van der Waals surface area contributed by atoms with Crippen molar-refractivity contribution in [3.63, 3.8) is 0 Å². The molecule has 1 atom stereocenters. The molecule has 4 aromatic rings. The number of benzene rings is 4. The van der Waals surface area contributed by atoms with Gasteiger partial charge in [-0.25, -0.2) is 12.8 Å². The van der Waals surface area contributed by atoms with E-state index in [0.717, 1.165) is 9.87 Å². The minimum Gasteiger partial charge on any atom is -0.497 e. The van der Waals surface area contributed by atoms with Gasteiger partial charge < -0.3 is 15.0 Å². The predicted octanol–water partition coefficient (Wildman–Crippen LogP) is 5.46. The molecule has 0 aromatic heterocycles. The lowest BCUT2D eigenvalue weighted by molar-refractivity contribution is -0.140. The first-order valence-electron chi connectivity index (χ1n) is 13.9. The molecule has 0 fully saturated rings. The summed E-state index contributed by atoms with van der Waals surface area (Å²) in [6, 6.07) is 25.8. The number of nitrogens with one attached hydrogen (secondary N) is 1. The van der Waals surface area contributed by atoms with Gasteiger partial charge in [0.15, 0.2) is 0 Å². The van der Waals surface area contributed by atoms with Gasteiger partial charge in [0, 0.05) is 30.1 Å². The lowest BCUT2D eigenvalue weighted by atomic mass is 10.0. The number of rotatable bonds is 13. The average molecular weight is 638 g/mol. The Labute approximate surface area is 262 Å². The van der Waals surface area contributed by atoms with E-state index < -0.39 is 40.2 Å². The first-order valence-corrected chi connectivity index (χ1v) is 15.7. The standard InChI is InChI=1S/C33H33ClFN3O5S/c1-3-36-33(40)31(21-24-9-5-4-6-10-24)37(22-25-11-7-8-12-30(25)35)32(39)23-38(27-15-13-26(34)14-16-27)44(41,42)29-19-17-28(43-2)18-20-29/h4-20,31H,3,21-23H2,1-2H3,(H,36,40)/t31-/m0/s1. The maximum absolute atomic E-state index is 14.9.